The maximum atomic E-state index is 11.4. The maximum absolute atomic E-state index is 11.4. The SMILES string of the molecule is NC(=O)c1cc(N2CCOC3CCCC32)ncc1N. The minimum atomic E-state index is -0.516. The van der Waals surface area contributed by atoms with Crippen molar-refractivity contribution in [3.05, 3.63) is 17.8 Å². The van der Waals surface area contributed by atoms with Gasteiger partial charge in [-0.05, 0) is 25.3 Å². The number of aromatic nitrogens is 1. The van der Waals surface area contributed by atoms with Gasteiger partial charge in [-0.2, -0.15) is 0 Å². The van der Waals surface area contributed by atoms with Crippen molar-refractivity contribution in [3.63, 3.8) is 0 Å². The standard InChI is InChI=1S/C13H18N4O2/c14-9-7-16-12(6-8(9)13(15)18)17-4-5-19-11-3-1-2-10(11)17/h6-7,10-11H,1-5,14H2,(H2,15,18). The number of anilines is 2. The number of fused-ring (bicyclic) bond motifs is 1. The molecule has 2 atom stereocenters. The molecule has 1 aliphatic heterocycles. The fraction of sp³-hybridized carbons (Fsp3) is 0.538. The highest BCUT2D eigenvalue weighted by Crippen LogP contribution is 2.32. The summed E-state index contributed by atoms with van der Waals surface area (Å²) >= 11 is 0. The lowest BCUT2D eigenvalue weighted by Gasteiger charge is -2.38. The van der Waals surface area contributed by atoms with Crippen LogP contribution in [-0.4, -0.2) is 36.2 Å². The minimum Gasteiger partial charge on any atom is -0.397 e. The molecule has 1 saturated carbocycles. The molecule has 2 fully saturated rings. The predicted molar refractivity (Wildman–Crippen MR) is 71.9 cm³/mol. The first-order valence-electron chi connectivity index (χ1n) is 6.60. The molecule has 102 valence electrons. The van der Waals surface area contributed by atoms with Gasteiger partial charge in [0.1, 0.15) is 5.82 Å². The van der Waals surface area contributed by atoms with Crippen LogP contribution in [0.5, 0.6) is 0 Å². The number of morpholine rings is 1. The van der Waals surface area contributed by atoms with E-state index in [9.17, 15) is 4.79 Å². The average molecular weight is 262 g/mol. The van der Waals surface area contributed by atoms with Gasteiger partial charge in [-0.15, -0.1) is 0 Å². The Kier molecular flexibility index (Phi) is 3.02. The van der Waals surface area contributed by atoms with E-state index in [4.69, 9.17) is 16.2 Å². The van der Waals surface area contributed by atoms with Crippen molar-refractivity contribution in [1.82, 2.24) is 4.98 Å². The summed E-state index contributed by atoms with van der Waals surface area (Å²) in [6.45, 7) is 1.48. The van der Waals surface area contributed by atoms with E-state index in [-0.39, 0.29) is 6.10 Å². The van der Waals surface area contributed by atoms with E-state index in [1.807, 2.05) is 0 Å². The Morgan fingerprint density at radius 3 is 3.11 bits per heavy atom. The third-order valence-electron chi connectivity index (χ3n) is 3.96. The maximum Gasteiger partial charge on any atom is 0.250 e. The quantitative estimate of drug-likeness (QED) is 0.810. The number of pyridine rings is 1. The highest BCUT2D eigenvalue weighted by Gasteiger charge is 2.36. The number of nitrogens with zero attached hydrogens (tertiary/aromatic N) is 2. The molecule has 6 heteroatoms. The van der Waals surface area contributed by atoms with Crippen LogP contribution in [-0.2, 0) is 4.74 Å². The summed E-state index contributed by atoms with van der Waals surface area (Å²) in [5, 5.41) is 0. The molecule has 0 bridgehead atoms. The number of ether oxygens (including phenoxy) is 1. The van der Waals surface area contributed by atoms with E-state index in [1.165, 1.54) is 12.6 Å². The van der Waals surface area contributed by atoms with Crippen LogP contribution in [0.2, 0.25) is 0 Å². The third-order valence-corrected chi connectivity index (χ3v) is 3.96. The molecular formula is C13H18N4O2. The molecular weight excluding hydrogens is 244 g/mol. The van der Waals surface area contributed by atoms with E-state index < -0.39 is 5.91 Å². The third kappa shape index (κ3) is 2.12. The summed E-state index contributed by atoms with van der Waals surface area (Å²) in [4.78, 5) is 17.9. The molecule has 2 aliphatic rings. The van der Waals surface area contributed by atoms with E-state index in [1.54, 1.807) is 6.07 Å². The minimum absolute atomic E-state index is 0.283. The van der Waals surface area contributed by atoms with Crippen LogP contribution in [0.1, 0.15) is 29.6 Å². The lowest BCUT2D eigenvalue weighted by molar-refractivity contribution is 0.0253. The molecule has 0 radical (unpaired) electrons. The molecule has 4 N–H and O–H groups in total. The molecule has 3 rings (SSSR count). The Labute approximate surface area is 111 Å². The predicted octanol–water partition coefficient (Wildman–Crippen LogP) is 0.520. The van der Waals surface area contributed by atoms with Gasteiger partial charge in [-0.1, -0.05) is 0 Å². The van der Waals surface area contributed by atoms with Gasteiger partial charge in [-0.25, -0.2) is 4.98 Å². The van der Waals surface area contributed by atoms with Crippen molar-refractivity contribution in [1.29, 1.82) is 0 Å². The van der Waals surface area contributed by atoms with Gasteiger partial charge < -0.3 is 21.1 Å². The number of carbonyl (C=O) groups excluding carboxylic acids is 1. The first kappa shape index (κ1) is 12.2. The second-order valence-electron chi connectivity index (χ2n) is 5.09. The first-order valence-corrected chi connectivity index (χ1v) is 6.60. The zero-order chi connectivity index (χ0) is 13.4. The van der Waals surface area contributed by atoms with Crippen LogP contribution in [0.3, 0.4) is 0 Å². The molecule has 0 spiro atoms. The van der Waals surface area contributed by atoms with Crippen LogP contribution >= 0.6 is 0 Å². The van der Waals surface area contributed by atoms with Crippen LogP contribution < -0.4 is 16.4 Å². The topological polar surface area (TPSA) is 94.5 Å². The van der Waals surface area contributed by atoms with Crippen LogP contribution in [0.15, 0.2) is 12.3 Å². The fourth-order valence-corrected chi connectivity index (χ4v) is 3.04. The second-order valence-corrected chi connectivity index (χ2v) is 5.09. The molecule has 2 unspecified atom stereocenters. The molecule has 1 amide bonds. The smallest absolute Gasteiger partial charge is 0.250 e. The van der Waals surface area contributed by atoms with Crippen LogP contribution in [0, 0.1) is 0 Å². The fourth-order valence-electron chi connectivity index (χ4n) is 3.04. The first-order chi connectivity index (χ1) is 9.16. The highest BCUT2D eigenvalue weighted by atomic mass is 16.5. The zero-order valence-corrected chi connectivity index (χ0v) is 10.7. The molecule has 1 aromatic rings. The van der Waals surface area contributed by atoms with Crippen molar-refractivity contribution in [3.8, 4) is 0 Å². The summed E-state index contributed by atoms with van der Waals surface area (Å²) < 4.78 is 5.77. The summed E-state index contributed by atoms with van der Waals surface area (Å²) in [6, 6.07) is 2.05. The molecule has 6 nitrogen and oxygen atoms in total. The lowest BCUT2D eigenvalue weighted by atomic mass is 10.1. The van der Waals surface area contributed by atoms with E-state index in [0.29, 0.717) is 23.9 Å². The number of primary amides is 1. The summed E-state index contributed by atoms with van der Waals surface area (Å²) in [7, 11) is 0. The Morgan fingerprint density at radius 2 is 2.32 bits per heavy atom. The zero-order valence-electron chi connectivity index (χ0n) is 10.7. The van der Waals surface area contributed by atoms with Crippen LogP contribution in [0.25, 0.3) is 0 Å². The van der Waals surface area contributed by atoms with Gasteiger partial charge in [0.05, 0.1) is 36.2 Å². The van der Waals surface area contributed by atoms with E-state index in [0.717, 1.165) is 25.2 Å². The van der Waals surface area contributed by atoms with Gasteiger partial charge >= 0.3 is 0 Å². The van der Waals surface area contributed by atoms with E-state index in [2.05, 4.69) is 9.88 Å². The molecule has 2 heterocycles. The van der Waals surface area contributed by atoms with Crippen molar-refractivity contribution < 1.29 is 9.53 Å². The lowest BCUT2D eigenvalue weighted by Crippen LogP contribution is -2.49. The van der Waals surface area contributed by atoms with Gasteiger partial charge in [0.25, 0.3) is 5.91 Å². The molecule has 1 aromatic heterocycles. The van der Waals surface area contributed by atoms with Crippen molar-refractivity contribution >= 4 is 17.4 Å². The normalized spacial score (nSPS) is 26.2. The summed E-state index contributed by atoms with van der Waals surface area (Å²) in [5.74, 6) is 0.251. The van der Waals surface area contributed by atoms with Crippen molar-refractivity contribution in [2.24, 2.45) is 5.73 Å². The summed E-state index contributed by atoms with van der Waals surface area (Å²) in [5.41, 5.74) is 11.7. The molecule has 0 aromatic carbocycles. The van der Waals surface area contributed by atoms with Gasteiger partial charge in [0.15, 0.2) is 0 Å². The molecule has 1 aliphatic carbocycles. The number of nitrogens with two attached hydrogens (primary N) is 2. The van der Waals surface area contributed by atoms with Crippen molar-refractivity contribution in [2.45, 2.75) is 31.4 Å². The monoisotopic (exact) mass is 262 g/mol. The second kappa shape index (κ2) is 4.70. The Morgan fingerprint density at radius 1 is 1.47 bits per heavy atom. The summed E-state index contributed by atoms with van der Waals surface area (Å²) in [6.07, 6.45) is 5.16. The Hall–Kier alpha value is -1.82. The number of hydrogen-bond donors (Lipinski definition) is 2. The molecule has 1 saturated heterocycles. The molecule has 19 heavy (non-hydrogen) atoms. The number of hydrogen-bond acceptors (Lipinski definition) is 5. The van der Waals surface area contributed by atoms with E-state index >= 15 is 0 Å². The number of nitrogen functional groups attached to an aromatic ring is 1. The van der Waals surface area contributed by atoms with Crippen LogP contribution in [0.4, 0.5) is 11.5 Å². The highest BCUT2D eigenvalue weighted by molar-refractivity contribution is 5.98. The van der Waals surface area contributed by atoms with Gasteiger partial charge in [0.2, 0.25) is 0 Å². The van der Waals surface area contributed by atoms with Gasteiger partial charge in [0, 0.05) is 6.54 Å². The average Bonchev–Trinajstić information content (AvgIpc) is 2.87. The number of amides is 1. The Balaban J connectivity index is 1.93. The van der Waals surface area contributed by atoms with Gasteiger partial charge in [-0.3, -0.25) is 4.79 Å². The Bertz CT molecular complexity index is 505. The number of rotatable bonds is 2. The number of carbonyl (C=O) groups is 1. The van der Waals surface area contributed by atoms with Crippen molar-refractivity contribution in [2.75, 3.05) is 23.8 Å². The largest absolute Gasteiger partial charge is 0.397 e.